The van der Waals surface area contributed by atoms with Crippen LogP contribution in [0.15, 0.2) is 60.0 Å². The summed E-state index contributed by atoms with van der Waals surface area (Å²) >= 11 is 7.48. The summed E-state index contributed by atoms with van der Waals surface area (Å²) in [5, 5.41) is 19.0. The SMILES string of the molecule is COC(=O)[C@H](CNC(=O)c1cccs1)NC(=O)c1ccc(C(=O)NCc2cccc(O)c2)cc1Cl. The molecule has 0 spiro atoms. The van der Waals surface area contributed by atoms with Crippen molar-refractivity contribution in [3.05, 3.63) is 86.6 Å². The first-order valence-corrected chi connectivity index (χ1v) is 11.6. The molecule has 2 aromatic carbocycles. The lowest BCUT2D eigenvalue weighted by atomic mass is 10.1. The van der Waals surface area contributed by atoms with Crippen LogP contribution in [0.25, 0.3) is 0 Å². The summed E-state index contributed by atoms with van der Waals surface area (Å²) in [7, 11) is 1.17. The van der Waals surface area contributed by atoms with Gasteiger partial charge in [0, 0.05) is 18.7 Å². The molecule has 0 aliphatic heterocycles. The molecule has 182 valence electrons. The predicted octanol–water partition coefficient (Wildman–Crippen LogP) is 2.74. The van der Waals surface area contributed by atoms with Crippen molar-refractivity contribution >= 4 is 46.6 Å². The van der Waals surface area contributed by atoms with Crippen LogP contribution < -0.4 is 16.0 Å². The van der Waals surface area contributed by atoms with E-state index in [0.29, 0.717) is 10.4 Å². The zero-order valence-corrected chi connectivity index (χ0v) is 20.1. The van der Waals surface area contributed by atoms with Gasteiger partial charge in [-0.3, -0.25) is 14.4 Å². The van der Waals surface area contributed by atoms with E-state index in [9.17, 15) is 24.3 Å². The van der Waals surface area contributed by atoms with Crippen molar-refractivity contribution in [3.63, 3.8) is 0 Å². The number of phenols is 1. The molecule has 0 aliphatic carbocycles. The van der Waals surface area contributed by atoms with Crippen LogP contribution in [0.3, 0.4) is 0 Å². The van der Waals surface area contributed by atoms with E-state index in [0.717, 1.165) is 0 Å². The minimum Gasteiger partial charge on any atom is -0.508 e. The molecule has 1 heterocycles. The number of esters is 1. The van der Waals surface area contributed by atoms with Gasteiger partial charge in [-0.1, -0.05) is 29.8 Å². The van der Waals surface area contributed by atoms with Gasteiger partial charge >= 0.3 is 5.97 Å². The molecule has 9 nitrogen and oxygen atoms in total. The van der Waals surface area contributed by atoms with Crippen LogP contribution >= 0.6 is 22.9 Å². The average Bonchev–Trinajstić information content (AvgIpc) is 3.39. The predicted molar refractivity (Wildman–Crippen MR) is 131 cm³/mol. The molecule has 1 aromatic heterocycles. The van der Waals surface area contributed by atoms with E-state index in [1.165, 1.54) is 48.8 Å². The number of hydrogen-bond donors (Lipinski definition) is 4. The maximum absolute atomic E-state index is 12.8. The highest BCUT2D eigenvalue weighted by molar-refractivity contribution is 7.12. The Balaban J connectivity index is 1.63. The van der Waals surface area contributed by atoms with Crippen LogP contribution in [0.2, 0.25) is 5.02 Å². The molecular formula is C24H22ClN3O6S. The number of carbonyl (C=O) groups is 4. The number of thiophene rings is 1. The summed E-state index contributed by atoms with van der Waals surface area (Å²) < 4.78 is 4.72. The van der Waals surface area contributed by atoms with Crippen molar-refractivity contribution in [2.75, 3.05) is 13.7 Å². The van der Waals surface area contributed by atoms with E-state index in [1.807, 2.05) is 0 Å². The van der Waals surface area contributed by atoms with Gasteiger partial charge < -0.3 is 25.8 Å². The Labute approximate surface area is 210 Å². The molecule has 35 heavy (non-hydrogen) atoms. The summed E-state index contributed by atoms with van der Waals surface area (Å²) in [6, 6.07) is 12.8. The fourth-order valence-corrected chi connectivity index (χ4v) is 3.96. The Hall–Kier alpha value is -3.89. The first-order valence-electron chi connectivity index (χ1n) is 10.3. The average molecular weight is 516 g/mol. The Morgan fingerprint density at radius 1 is 1.00 bits per heavy atom. The molecule has 0 unspecified atom stereocenters. The van der Waals surface area contributed by atoms with E-state index in [4.69, 9.17) is 16.3 Å². The minimum atomic E-state index is -1.15. The van der Waals surface area contributed by atoms with Gasteiger partial charge in [-0.15, -0.1) is 11.3 Å². The number of ether oxygens (including phenoxy) is 1. The van der Waals surface area contributed by atoms with Crippen molar-refractivity contribution in [3.8, 4) is 5.75 Å². The fraction of sp³-hybridized carbons (Fsp3) is 0.167. The van der Waals surface area contributed by atoms with Crippen LogP contribution in [-0.4, -0.2) is 48.5 Å². The van der Waals surface area contributed by atoms with Crippen molar-refractivity contribution in [1.29, 1.82) is 0 Å². The maximum Gasteiger partial charge on any atom is 0.330 e. The number of nitrogens with one attached hydrogen (secondary N) is 3. The molecule has 11 heteroatoms. The van der Waals surface area contributed by atoms with E-state index in [-0.39, 0.29) is 40.9 Å². The lowest BCUT2D eigenvalue weighted by Gasteiger charge is -2.17. The Morgan fingerprint density at radius 3 is 2.46 bits per heavy atom. The normalized spacial score (nSPS) is 11.3. The van der Waals surface area contributed by atoms with Crippen LogP contribution in [0, 0.1) is 0 Å². The number of amides is 3. The number of halogens is 1. The summed E-state index contributed by atoms with van der Waals surface area (Å²) in [6.45, 7) is -0.00656. The number of hydrogen-bond acceptors (Lipinski definition) is 7. The van der Waals surface area contributed by atoms with Gasteiger partial charge in [0.2, 0.25) is 0 Å². The van der Waals surface area contributed by atoms with E-state index < -0.39 is 23.8 Å². The monoisotopic (exact) mass is 515 g/mol. The molecule has 0 fully saturated rings. The third kappa shape index (κ3) is 7.05. The second-order valence-corrected chi connectivity index (χ2v) is 8.64. The van der Waals surface area contributed by atoms with Crippen LogP contribution in [0.4, 0.5) is 0 Å². The molecule has 4 N–H and O–H groups in total. The molecule has 0 saturated carbocycles. The highest BCUT2D eigenvalue weighted by Crippen LogP contribution is 2.19. The second kappa shape index (κ2) is 12.0. The zero-order valence-electron chi connectivity index (χ0n) is 18.5. The van der Waals surface area contributed by atoms with Gasteiger partial charge in [0.15, 0.2) is 0 Å². The highest BCUT2D eigenvalue weighted by atomic mass is 35.5. The van der Waals surface area contributed by atoms with E-state index in [1.54, 1.807) is 29.6 Å². The largest absolute Gasteiger partial charge is 0.508 e. The van der Waals surface area contributed by atoms with Gasteiger partial charge in [0.05, 0.1) is 22.6 Å². The molecule has 3 aromatic rings. The lowest BCUT2D eigenvalue weighted by Crippen LogP contribution is -2.49. The van der Waals surface area contributed by atoms with Crippen molar-refractivity contribution < 1.29 is 29.0 Å². The Bertz CT molecular complexity index is 1230. The number of aromatic hydroxyl groups is 1. The van der Waals surface area contributed by atoms with E-state index in [2.05, 4.69) is 16.0 Å². The van der Waals surface area contributed by atoms with Gasteiger partial charge in [-0.2, -0.15) is 0 Å². The molecule has 0 radical (unpaired) electrons. The fourth-order valence-electron chi connectivity index (χ4n) is 3.05. The highest BCUT2D eigenvalue weighted by Gasteiger charge is 2.24. The summed E-state index contributed by atoms with van der Waals surface area (Å²) in [5.74, 6) is -2.15. The molecular weight excluding hydrogens is 494 g/mol. The second-order valence-electron chi connectivity index (χ2n) is 7.28. The number of phenolic OH excluding ortho intramolecular Hbond substituents is 1. The number of methoxy groups -OCH3 is 1. The molecule has 1 atom stereocenters. The van der Waals surface area contributed by atoms with Crippen LogP contribution in [-0.2, 0) is 16.1 Å². The Kier molecular flexibility index (Phi) is 8.82. The third-order valence-corrected chi connectivity index (χ3v) is 6.02. The molecule has 0 saturated heterocycles. The van der Waals surface area contributed by atoms with Crippen LogP contribution in [0.5, 0.6) is 5.75 Å². The number of rotatable bonds is 9. The number of carbonyl (C=O) groups excluding carboxylic acids is 4. The number of benzene rings is 2. The molecule has 0 aliphatic rings. The van der Waals surface area contributed by atoms with Crippen LogP contribution in [0.1, 0.15) is 36.0 Å². The summed E-state index contributed by atoms with van der Waals surface area (Å²) in [6.07, 6.45) is 0. The van der Waals surface area contributed by atoms with Gasteiger partial charge in [0.25, 0.3) is 17.7 Å². The Morgan fingerprint density at radius 2 is 1.80 bits per heavy atom. The quantitative estimate of drug-likeness (QED) is 0.324. The molecule has 3 amide bonds. The topological polar surface area (TPSA) is 134 Å². The molecule has 3 rings (SSSR count). The molecule has 0 bridgehead atoms. The van der Waals surface area contributed by atoms with Gasteiger partial charge in [0.1, 0.15) is 11.8 Å². The standard InChI is InChI=1S/C24H22ClN3O6S/c1-34-24(33)19(13-27-23(32)20-6-3-9-35-20)28-22(31)17-8-7-15(11-18(17)25)21(30)26-12-14-4-2-5-16(29)10-14/h2-11,19,29H,12-13H2,1H3,(H,26,30)(H,27,32)(H,28,31)/t19-/m0/s1. The van der Waals surface area contributed by atoms with E-state index >= 15 is 0 Å². The first kappa shape index (κ1) is 25.7. The van der Waals surface area contributed by atoms with Gasteiger partial charge in [-0.05, 0) is 47.3 Å². The lowest BCUT2D eigenvalue weighted by molar-refractivity contribution is -0.142. The summed E-state index contributed by atoms with van der Waals surface area (Å²) in [5.41, 5.74) is 0.967. The zero-order chi connectivity index (χ0) is 25.4. The van der Waals surface area contributed by atoms with Crippen molar-refractivity contribution in [2.45, 2.75) is 12.6 Å². The third-order valence-electron chi connectivity index (χ3n) is 4.84. The van der Waals surface area contributed by atoms with Crippen molar-refractivity contribution in [1.82, 2.24) is 16.0 Å². The smallest absolute Gasteiger partial charge is 0.330 e. The maximum atomic E-state index is 12.8. The minimum absolute atomic E-state index is 0.00116. The van der Waals surface area contributed by atoms with Gasteiger partial charge in [-0.25, -0.2) is 4.79 Å². The first-order chi connectivity index (χ1) is 16.8. The van der Waals surface area contributed by atoms with Crippen molar-refractivity contribution in [2.24, 2.45) is 0 Å². The summed E-state index contributed by atoms with van der Waals surface area (Å²) in [4.78, 5) is 50.0.